The lowest BCUT2D eigenvalue weighted by molar-refractivity contribution is -0.137. The highest BCUT2D eigenvalue weighted by Crippen LogP contribution is 2.21. The van der Waals surface area contributed by atoms with Crippen molar-refractivity contribution in [1.82, 2.24) is 15.1 Å². The number of rotatable bonds is 2. The van der Waals surface area contributed by atoms with Crippen LogP contribution in [0.25, 0.3) is 5.70 Å². The first-order valence-electron chi connectivity index (χ1n) is 4.89. The van der Waals surface area contributed by atoms with Gasteiger partial charge in [0.1, 0.15) is 6.54 Å². The molecular weight excluding hydrogens is 194 g/mol. The van der Waals surface area contributed by atoms with Gasteiger partial charge in [-0.25, -0.2) is 0 Å². The van der Waals surface area contributed by atoms with E-state index < -0.39 is 5.97 Å². The summed E-state index contributed by atoms with van der Waals surface area (Å²) in [6.07, 6.45) is 4.52. The van der Waals surface area contributed by atoms with Crippen molar-refractivity contribution in [2.24, 2.45) is 0 Å². The zero-order valence-electron chi connectivity index (χ0n) is 8.53. The van der Waals surface area contributed by atoms with Crippen molar-refractivity contribution in [2.45, 2.75) is 19.9 Å². The number of carbonyl (C=O) groups is 1. The third-order valence-electron chi connectivity index (χ3n) is 2.49. The number of carboxylic acids is 1. The molecule has 0 amide bonds. The normalized spacial score (nSPS) is 17.3. The third kappa shape index (κ3) is 1.72. The maximum absolute atomic E-state index is 10.6. The molecule has 0 aromatic carbocycles. The topological polar surface area (TPSA) is 67.2 Å². The average Bonchev–Trinajstić information content (AvgIpc) is 2.61. The van der Waals surface area contributed by atoms with Crippen molar-refractivity contribution in [1.29, 1.82) is 0 Å². The molecule has 1 aliphatic heterocycles. The summed E-state index contributed by atoms with van der Waals surface area (Å²) in [7, 11) is 0. The van der Waals surface area contributed by atoms with Crippen LogP contribution in [0.2, 0.25) is 0 Å². The molecule has 2 heterocycles. The Hall–Kier alpha value is -1.78. The molecule has 2 rings (SSSR count). The minimum absolute atomic E-state index is 0.0632. The van der Waals surface area contributed by atoms with Crippen molar-refractivity contribution < 1.29 is 9.90 Å². The number of nitrogens with one attached hydrogen (secondary N) is 1. The zero-order chi connectivity index (χ0) is 10.8. The van der Waals surface area contributed by atoms with E-state index in [4.69, 9.17) is 5.11 Å². The number of nitrogens with zero attached hydrogens (tertiary/aromatic N) is 2. The maximum Gasteiger partial charge on any atom is 0.325 e. The van der Waals surface area contributed by atoms with Crippen molar-refractivity contribution in [3.8, 4) is 0 Å². The van der Waals surface area contributed by atoms with E-state index in [1.165, 1.54) is 0 Å². The van der Waals surface area contributed by atoms with E-state index in [9.17, 15) is 4.79 Å². The van der Waals surface area contributed by atoms with Gasteiger partial charge in [-0.1, -0.05) is 6.08 Å². The van der Waals surface area contributed by atoms with Gasteiger partial charge in [-0.2, -0.15) is 5.10 Å². The van der Waals surface area contributed by atoms with Crippen molar-refractivity contribution >= 4 is 11.7 Å². The zero-order valence-corrected chi connectivity index (χ0v) is 8.53. The van der Waals surface area contributed by atoms with Gasteiger partial charge in [0.15, 0.2) is 0 Å². The van der Waals surface area contributed by atoms with Crippen molar-refractivity contribution in [3.63, 3.8) is 0 Å². The van der Waals surface area contributed by atoms with Crippen molar-refractivity contribution in [3.05, 3.63) is 23.5 Å². The lowest BCUT2D eigenvalue weighted by Crippen LogP contribution is -2.24. The molecule has 1 aliphatic rings. The molecular formula is C10H13N3O2. The molecule has 0 bridgehead atoms. The van der Waals surface area contributed by atoms with Crippen molar-refractivity contribution in [2.75, 3.05) is 6.54 Å². The van der Waals surface area contributed by atoms with Crippen LogP contribution >= 0.6 is 0 Å². The number of hydrogen-bond donors (Lipinski definition) is 2. The Bertz CT molecular complexity index is 420. The monoisotopic (exact) mass is 207 g/mol. The Morgan fingerprint density at radius 1 is 1.80 bits per heavy atom. The van der Waals surface area contributed by atoms with Gasteiger partial charge in [-0.05, 0) is 6.92 Å². The van der Waals surface area contributed by atoms with Crippen LogP contribution in [0.1, 0.15) is 18.2 Å². The fourth-order valence-corrected chi connectivity index (χ4v) is 1.83. The van der Waals surface area contributed by atoms with E-state index in [1.807, 2.05) is 13.0 Å². The molecule has 0 radical (unpaired) electrons. The van der Waals surface area contributed by atoms with Crippen LogP contribution in [0.15, 0.2) is 12.3 Å². The predicted molar refractivity (Wildman–Crippen MR) is 55.2 cm³/mol. The summed E-state index contributed by atoms with van der Waals surface area (Å²) in [6.45, 7) is 2.72. The van der Waals surface area contributed by atoms with E-state index in [0.717, 1.165) is 29.9 Å². The molecule has 1 aromatic rings. The Kier molecular flexibility index (Phi) is 2.45. The minimum Gasteiger partial charge on any atom is -0.480 e. The second kappa shape index (κ2) is 3.76. The average molecular weight is 207 g/mol. The van der Waals surface area contributed by atoms with Crippen LogP contribution < -0.4 is 5.32 Å². The second-order valence-corrected chi connectivity index (χ2v) is 3.44. The van der Waals surface area contributed by atoms with Crippen LogP contribution in [0.3, 0.4) is 0 Å². The van der Waals surface area contributed by atoms with Gasteiger partial charge in [0.05, 0.1) is 11.9 Å². The Balaban J connectivity index is 2.38. The smallest absolute Gasteiger partial charge is 0.325 e. The van der Waals surface area contributed by atoms with E-state index in [2.05, 4.69) is 10.4 Å². The van der Waals surface area contributed by atoms with E-state index in [1.54, 1.807) is 10.9 Å². The van der Waals surface area contributed by atoms with Gasteiger partial charge in [-0.15, -0.1) is 0 Å². The number of fused-ring (bicyclic) bond motifs is 1. The quantitative estimate of drug-likeness (QED) is 0.740. The summed E-state index contributed by atoms with van der Waals surface area (Å²) in [6, 6.07) is 0. The number of aromatic nitrogens is 2. The highest BCUT2D eigenvalue weighted by Gasteiger charge is 2.18. The van der Waals surface area contributed by atoms with Crippen LogP contribution in [-0.4, -0.2) is 27.4 Å². The Morgan fingerprint density at radius 2 is 2.60 bits per heavy atom. The first-order valence-corrected chi connectivity index (χ1v) is 4.89. The standard InChI is InChI=1S/C10H13N3O2/c1-2-8-7-5-12-13(6-10(14)15)9(7)3-4-11-8/h2,5,11H,3-4,6H2,1H3,(H,14,15). The molecule has 0 saturated heterocycles. The van der Waals surface area contributed by atoms with Gasteiger partial charge in [0, 0.05) is 24.2 Å². The largest absolute Gasteiger partial charge is 0.480 e. The van der Waals surface area contributed by atoms with E-state index >= 15 is 0 Å². The van der Waals surface area contributed by atoms with Gasteiger partial charge in [0.2, 0.25) is 0 Å². The van der Waals surface area contributed by atoms with Gasteiger partial charge in [-0.3, -0.25) is 9.48 Å². The summed E-state index contributed by atoms with van der Waals surface area (Å²) in [5, 5.41) is 16.1. The molecule has 0 fully saturated rings. The predicted octanol–water partition coefficient (Wildman–Crippen LogP) is 0.474. The third-order valence-corrected chi connectivity index (χ3v) is 2.49. The molecule has 0 unspecified atom stereocenters. The fourth-order valence-electron chi connectivity index (χ4n) is 1.83. The SMILES string of the molecule is CC=C1NCCc2c1cnn2CC(=O)O. The second-order valence-electron chi connectivity index (χ2n) is 3.44. The molecule has 80 valence electrons. The van der Waals surface area contributed by atoms with Gasteiger partial charge in [0.25, 0.3) is 0 Å². The van der Waals surface area contributed by atoms with E-state index in [-0.39, 0.29) is 6.54 Å². The number of hydrogen-bond acceptors (Lipinski definition) is 3. The molecule has 5 heteroatoms. The maximum atomic E-state index is 10.6. The summed E-state index contributed by atoms with van der Waals surface area (Å²) in [4.78, 5) is 10.6. The summed E-state index contributed by atoms with van der Waals surface area (Å²) < 4.78 is 1.56. The summed E-state index contributed by atoms with van der Waals surface area (Å²) >= 11 is 0. The Morgan fingerprint density at radius 3 is 3.27 bits per heavy atom. The van der Waals surface area contributed by atoms with Crippen LogP contribution in [-0.2, 0) is 17.8 Å². The van der Waals surface area contributed by atoms with Gasteiger partial charge < -0.3 is 10.4 Å². The summed E-state index contributed by atoms with van der Waals surface area (Å²) in [5.74, 6) is -0.860. The summed E-state index contributed by atoms with van der Waals surface area (Å²) in [5.41, 5.74) is 3.06. The fraction of sp³-hybridized carbons (Fsp3) is 0.400. The molecule has 0 aliphatic carbocycles. The number of carboxylic acid groups (broad SMARTS) is 1. The molecule has 0 saturated carbocycles. The molecule has 0 atom stereocenters. The number of aliphatic carboxylic acids is 1. The first kappa shape index (κ1) is 9.76. The molecule has 15 heavy (non-hydrogen) atoms. The van der Waals surface area contributed by atoms with E-state index in [0.29, 0.717) is 0 Å². The highest BCUT2D eigenvalue weighted by atomic mass is 16.4. The van der Waals surface area contributed by atoms with Gasteiger partial charge >= 0.3 is 5.97 Å². The highest BCUT2D eigenvalue weighted by molar-refractivity contribution is 5.69. The van der Waals surface area contributed by atoms with Crippen LogP contribution in [0.5, 0.6) is 0 Å². The lowest BCUT2D eigenvalue weighted by Gasteiger charge is -2.18. The Labute approximate surface area is 87.4 Å². The molecule has 1 aromatic heterocycles. The molecule has 2 N–H and O–H groups in total. The number of allylic oxidation sites excluding steroid dienone is 1. The minimum atomic E-state index is -0.860. The lowest BCUT2D eigenvalue weighted by atomic mass is 10.1. The van der Waals surface area contributed by atoms with Crippen LogP contribution in [0.4, 0.5) is 0 Å². The molecule has 0 spiro atoms. The van der Waals surface area contributed by atoms with Crippen LogP contribution in [0, 0.1) is 0 Å². The molecule has 5 nitrogen and oxygen atoms in total. The first-order chi connectivity index (χ1) is 7.22.